The van der Waals surface area contributed by atoms with Crippen LogP contribution in [0.3, 0.4) is 0 Å². The van der Waals surface area contributed by atoms with E-state index in [4.69, 9.17) is 0 Å². The fourth-order valence-electron chi connectivity index (χ4n) is 4.18. The molecule has 0 radical (unpaired) electrons. The number of nitrogens with zero attached hydrogens (tertiary/aromatic N) is 2. The highest BCUT2D eigenvalue weighted by Crippen LogP contribution is 2.40. The van der Waals surface area contributed by atoms with E-state index in [1.165, 1.54) is 0 Å². The predicted octanol–water partition coefficient (Wildman–Crippen LogP) is 5.04. The number of rotatable bonds is 5. The molecule has 5 nitrogen and oxygen atoms in total. The average Bonchev–Trinajstić information content (AvgIpc) is 3.08. The SMILES string of the molecule is CC(C)(C)c1ccc(C2/C(=C(\O)c3ccncc3)C(=O)C(=O)N2CCc2ccccc2)cc1. The molecule has 3 aromatic rings. The Morgan fingerprint density at radius 3 is 2.18 bits per heavy atom. The largest absolute Gasteiger partial charge is 0.507 e. The van der Waals surface area contributed by atoms with Crippen LogP contribution in [0.25, 0.3) is 5.76 Å². The van der Waals surface area contributed by atoms with Crippen molar-refractivity contribution in [3.8, 4) is 0 Å². The van der Waals surface area contributed by atoms with Crippen LogP contribution in [0, 0.1) is 0 Å². The summed E-state index contributed by atoms with van der Waals surface area (Å²) in [7, 11) is 0. The lowest BCUT2D eigenvalue weighted by Gasteiger charge is -2.26. The molecule has 1 N–H and O–H groups in total. The third kappa shape index (κ3) is 4.58. The van der Waals surface area contributed by atoms with E-state index in [0.717, 1.165) is 16.7 Å². The monoisotopic (exact) mass is 440 g/mol. The summed E-state index contributed by atoms with van der Waals surface area (Å²) in [5.74, 6) is -1.43. The number of aromatic nitrogens is 1. The maximum Gasteiger partial charge on any atom is 0.295 e. The van der Waals surface area contributed by atoms with E-state index in [0.29, 0.717) is 18.5 Å². The molecule has 33 heavy (non-hydrogen) atoms. The van der Waals surface area contributed by atoms with Crippen molar-refractivity contribution >= 4 is 17.4 Å². The van der Waals surface area contributed by atoms with Gasteiger partial charge in [0.1, 0.15) is 5.76 Å². The summed E-state index contributed by atoms with van der Waals surface area (Å²) in [5, 5.41) is 11.1. The number of hydrogen-bond acceptors (Lipinski definition) is 4. The van der Waals surface area contributed by atoms with Gasteiger partial charge in [-0.1, -0.05) is 75.4 Å². The molecule has 1 aliphatic heterocycles. The highest BCUT2D eigenvalue weighted by atomic mass is 16.3. The zero-order chi connectivity index (χ0) is 23.6. The predicted molar refractivity (Wildman–Crippen MR) is 129 cm³/mol. The van der Waals surface area contributed by atoms with Gasteiger partial charge in [-0.25, -0.2) is 0 Å². The number of amides is 1. The van der Waals surface area contributed by atoms with Crippen LogP contribution in [0.1, 0.15) is 49.1 Å². The van der Waals surface area contributed by atoms with Crippen molar-refractivity contribution in [2.45, 2.75) is 38.6 Å². The standard InChI is InChI=1S/C28H28N2O3/c1-28(2,3)22-11-9-20(10-12-22)24-23(25(31)21-13-16-29-17-14-21)26(32)27(33)30(24)18-15-19-7-5-4-6-8-19/h4-14,16-17,24,31H,15,18H2,1-3H3/b25-23+. The fourth-order valence-corrected chi connectivity index (χ4v) is 4.18. The molecule has 1 unspecified atom stereocenters. The zero-order valence-electron chi connectivity index (χ0n) is 19.2. The topological polar surface area (TPSA) is 70.5 Å². The van der Waals surface area contributed by atoms with E-state index in [9.17, 15) is 14.7 Å². The van der Waals surface area contributed by atoms with Gasteiger partial charge in [0.2, 0.25) is 0 Å². The summed E-state index contributed by atoms with van der Waals surface area (Å²) >= 11 is 0. The molecule has 168 valence electrons. The molecule has 1 amide bonds. The molecule has 0 saturated carbocycles. The molecule has 0 spiro atoms. The summed E-state index contributed by atoms with van der Waals surface area (Å²) in [6.45, 7) is 6.78. The van der Waals surface area contributed by atoms with Gasteiger partial charge in [0.25, 0.3) is 11.7 Å². The van der Waals surface area contributed by atoms with Crippen LogP contribution >= 0.6 is 0 Å². The van der Waals surface area contributed by atoms with E-state index >= 15 is 0 Å². The smallest absolute Gasteiger partial charge is 0.295 e. The summed E-state index contributed by atoms with van der Waals surface area (Å²) in [6, 6.07) is 20.4. The number of likely N-dealkylation sites (tertiary alicyclic amines) is 1. The van der Waals surface area contributed by atoms with Gasteiger partial charge in [-0.3, -0.25) is 14.6 Å². The van der Waals surface area contributed by atoms with Crippen LogP contribution in [0.15, 0.2) is 84.7 Å². The lowest BCUT2D eigenvalue weighted by Crippen LogP contribution is -2.31. The average molecular weight is 441 g/mol. The van der Waals surface area contributed by atoms with E-state index in [1.807, 2.05) is 54.6 Å². The van der Waals surface area contributed by atoms with Gasteiger partial charge in [0.05, 0.1) is 11.6 Å². The normalized spacial score (nSPS) is 18.0. The molecule has 0 bridgehead atoms. The number of ketones is 1. The van der Waals surface area contributed by atoms with Gasteiger partial charge in [-0.15, -0.1) is 0 Å². The van der Waals surface area contributed by atoms with Crippen LogP contribution in [0.2, 0.25) is 0 Å². The van der Waals surface area contributed by atoms with Crippen molar-refractivity contribution in [1.82, 2.24) is 9.88 Å². The molecule has 4 rings (SSSR count). The Morgan fingerprint density at radius 1 is 0.939 bits per heavy atom. The molecular formula is C28H28N2O3. The third-order valence-electron chi connectivity index (χ3n) is 6.07. The van der Waals surface area contributed by atoms with E-state index in [2.05, 4.69) is 25.8 Å². The highest BCUT2D eigenvalue weighted by molar-refractivity contribution is 6.46. The summed E-state index contributed by atoms with van der Waals surface area (Å²) in [6.07, 6.45) is 3.71. The van der Waals surface area contributed by atoms with Gasteiger partial charge >= 0.3 is 0 Å². The van der Waals surface area contributed by atoms with Gasteiger partial charge in [-0.05, 0) is 40.7 Å². The van der Waals surface area contributed by atoms with Gasteiger partial charge < -0.3 is 10.0 Å². The van der Waals surface area contributed by atoms with Crippen molar-refractivity contribution < 1.29 is 14.7 Å². The Kier molecular flexibility index (Phi) is 6.14. The number of Topliss-reactive ketones (excluding diaryl/α,β-unsaturated/α-hetero) is 1. The fraction of sp³-hybridized carbons (Fsp3) is 0.250. The maximum atomic E-state index is 13.1. The minimum absolute atomic E-state index is 0.0231. The molecule has 2 aromatic carbocycles. The lowest BCUT2D eigenvalue weighted by atomic mass is 9.85. The summed E-state index contributed by atoms with van der Waals surface area (Å²) < 4.78 is 0. The number of pyridine rings is 1. The Morgan fingerprint density at radius 2 is 1.58 bits per heavy atom. The number of aliphatic hydroxyl groups excluding tert-OH is 1. The first-order valence-electron chi connectivity index (χ1n) is 11.1. The first kappa shape index (κ1) is 22.5. The second-order valence-electron chi connectivity index (χ2n) is 9.34. The molecule has 0 aliphatic carbocycles. The summed E-state index contributed by atoms with van der Waals surface area (Å²) in [4.78, 5) is 31.8. The van der Waals surface area contributed by atoms with Crippen LogP contribution in [-0.4, -0.2) is 33.2 Å². The molecule has 2 heterocycles. The first-order chi connectivity index (χ1) is 15.8. The molecule has 1 fully saturated rings. The number of hydrogen-bond donors (Lipinski definition) is 1. The molecule has 1 aliphatic rings. The second-order valence-corrected chi connectivity index (χ2v) is 9.34. The van der Waals surface area contributed by atoms with E-state index < -0.39 is 17.7 Å². The summed E-state index contributed by atoms with van der Waals surface area (Å²) in [5.41, 5.74) is 3.58. The minimum Gasteiger partial charge on any atom is -0.507 e. The van der Waals surface area contributed by atoms with Crippen molar-refractivity contribution in [3.63, 3.8) is 0 Å². The van der Waals surface area contributed by atoms with Crippen LogP contribution in [0.4, 0.5) is 0 Å². The van der Waals surface area contributed by atoms with E-state index in [-0.39, 0.29) is 16.7 Å². The second kappa shape index (κ2) is 9.02. The van der Waals surface area contributed by atoms with Crippen molar-refractivity contribution in [2.24, 2.45) is 0 Å². The van der Waals surface area contributed by atoms with Crippen molar-refractivity contribution in [3.05, 3.63) is 107 Å². The molecule has 1 atom stereocenters. The van der Waals surface area contributed by atoms with Gasteiger partial charge in [0, 0.05) is 24.5 Å². The number of carbonyl (C=O) groups excluding carboxylic acids is 2. The van der Waals surface area contributed by atoms with Gasteiger partial charge in [-0.2, -0.15) is 0 Å². The third-order valence-corrected chi connectivity index (χ3v) is 6.07. The number of benzene rings is 2. The molecule has 1 saturated heterocycles. The molecular weight excluding hydrogens is 412 g/mol. The molecule has 5 heteroatoms. The highest BCUT2D eigenvalue weighted by Gasteiger charge is 2.45. The Bertz CT molecular complexity index is 1180. The Labute approximate surface area is 194 Å². The quantitative estimate of drug-likeness (QED) is 0.343. The lowest BCUT2D eigenvalue weighted by molar-refractivity contribution is -0.139. The van der Waals surface area contributed by atoms with Crippen LogP contribution < -0.4 is 0 Å². The van der Waals surface area contributed by atoms with Crippen molar-refractivity contribution in [2.75, 3.05) is 6.54 Å². The number of aliphatic hydroxyl groups is 1. The first-order valence-corrected chi connectivity index (χ1v) is 11.1. The Hall–Kier alpha value is -3.73. The minimum atomic E-state index is -0.665. The van der Waals surface area contributed by atoms with Crippen LogP contribution in [0.5, 0.6) is 0 Å². The molecule has 1 aromatic heterocycles. The zero-order valence-corrected chi connectivity index (χ0v) is 19.2. The van der Waals surface area contributed by atoms with Crippen molar-refractivity contribution in [1.29, 1.82) is 0 Å². The van der Waals surface area contributed by atoms with Gasteiger partial charge in [0.15, 0.2) is 0 Å². The van der Waals surface area contributed by atoms with Crippen LogP contribution in [-0.2, 0) is 21.4 Å². The maximum absolute atomic E-state index is 13.1. The number of carbonyl (C=O) groups is 2. The van der Waals surface area contributed by atoms with E-state index in [1.54, 1.807) is 29.4 Å². The Balaban J connectivity index is 1.78.